The van der Waals surface area contributed by atoms with Gasteiger partial charge in [-0.15, -0.1) is 0 Å². The second-order valence-corrected chi connectivity index (χ2v) is 5.01. The molecule has 0 N–H and O–H groups in total. The Morgan fingerprint density at radius 3 is 2.57 bits per heavy atom. The maximum Gasteiger partial charge on any atom is 0.172 e. The number of ether oxygens (including phenoxy) is 2. The van der Waals surface area contributed by atoms with Crippen molar-refractivity contribution in [3.63, 3.8) is 0 Å². The van der Waals surface area contributed by atoms with E-state index in [-0.39, 0.29) is 12.2 Å². The molecule has 0 aliphatic carbocycles. The molecule has 0 atom stereocenters. The molecule has 0 aliphatic rings. The Balaban J connectivity index is 2.36. The zero-order valence-corrected chi connectivity index (χ0v) is 13.2. The van der Waals surface area contributed by atoms with Crippen molar-refractivity contribution in [3.8, 4) is 11.5 Å². The molecule has 2 aromatic rings. The molecular weight excluding hydrogens is 292 g/mol. The first-order chi connectivity index (χ1) is 9.97. The van der Waals surface area contributed by atoms with Gasteiger partial charge in [-0.3, -0.25) is 9.48 Å². The first-order valence-electron chi connectivity index (χ1n) is 6.41. The first-order valence-corrected chi connectivity index (χ1v) is 6.79. The summed E-state index contributed by atoms with van der Waals surface area (Å²) in [6.45, 7) is 1.81. The summed E-state index contributed by atoms with van der Waals surface area (Å²) >= 11 is 6.19. The maximum absolute atomic E-state index is 12.5. The lowest BCUT2D eigenvalue weighted by molar-refractivity contribution is 0.0987. The third kappa shape index (κ3) is 3.03. The Kier molecular flexibility index (Phi) is 4.53. The third-order valence-electron chi connectivity index (χ3n) is 3.30. The fourth-order valence-corrected chi connectivity index (χ4v) is 2.38. The number of aryl methyl sites for hydroxylation is 2. The normalized spacial score (nSPS) is 10.5. The minimum atomic E-state index is -0.101. The number of rotatable bonds is 5. The van der Waals surface area contributed by atoms with Gasteiger partial charge in [-0.2, -0.15) is 5.10 Å². The van der Waals surface area contributed by atoms with Crippen LogP contribution in [0.1, 0.15) is 21.7 Å². The van der Waals surface area contributed by atoms with Gasteiger partial charge in [-0.05, 0) is 25.1 Å². The second kappa shape index (κ2) is 6.18. The zero-order valence-electron chi connectivity index (χ0n) is 12.4. The van der Waals surface area contributed by atoms with Crippen LogP contribution in [0.25, 0.3) is 0 Å². The van der Waals surface area contributed by atoms with E-state index in [1.807, 2.05) is 6.92 Å². The van der Waals surface area contributed by atoms with Crippen LogP contribution >= 0.6 is 11.6 Å². The lowest BCUT2D eigenvalue weighted by Crippen LogP contribution is -2.10. The van der Waals surface area contributed by atoms with Crippen LogP contribution in [-0.2, 0) is 13.5 Å². The monoisotopic (exact) mass is 308 g/mol. The topological polar surface area (TPSA) is 53.4 Å². The van der Waals surface area contributed by atoms with Crippen LogP contribution in [-0.4, -0.2) is 29.8 Å². The maximum atomic E-state index is 12.5. The molecule has 0 aliphatic heterocycles. The van der Waals surface area contributed by atoms with E-state index in [0.29, 0.717) is 33.5 Å². The molecule has 0 bridgehead atoms. The number of carbonyl (C=O) groups is 1. The number of aromatic nitrogens is 2. The molecule has 21 heavy (non-hydrogen) atoms. The molecule has 0 amide bonds. The Labute approximate surface area is 128 Å². The van der Waals surface area contributed by atoms with E-state index in [2.05, 4.69) is 5.10 Å². The molecule has 0 saturated carbocycles. The van der Waals surface area contributed by atoms with Crippen LogP contribution in [0.2, 0.25) is 5.02 Å². The standard InChI is InChI=1S/C15H17ClN2O3/c1-9-15(16)12(18(2)17-9)8-13(19)11-7-10(20-3)5-6-14(11)21-4/h5-7H,8H2,1-4H3. The summed E-state index contributed by atoms with van der Waals surface area (Å²) in [6.07, 6.45) is 0.152. The molecule has 0 radical (unpaired) electrons. The number of hydrogen-bond donors (Lipinski definition) is 0. The van der Waals surface area contributed by atoms with Crippen molar-refractivity contribution in [3.05, 3.63) is 40.2 Å². The third-order valence-corrected chi connectivity index (χ3v) is 3.79. The summed E-state index contributed by atoms with van der Waals surface area (Å²) in [4.78, 5) is 12.5. The first kappa shape index (κ1) is 15.4. The molecule has 6 heteroatoms. The number of halogens is 1. The molecule has 1 heterocycles. The lowest BCUT2D eigenvalue weighted by Gasteiger charge is -2.10. The highest BCUT2D eigenvalue weighted by atomic mass is 35.5. The summed E-state index contributed by atoms with van der Waals surface area (Å²) in [6, 6.07) is 5.12. The number of carbonyl (C=O) groups excluding carboxylic acids is 1. The molecular formula is C15H17ClN2O3. The minimum Gasteiger partial charge on any atom is -0.497 e. The van der Waals surface area contributed by atoms with Crippen LogP contribution in [0.5, 0.6) is 11.5 Å². The highest BCUT2D eigenvalue weighted by molar-refractivity contribution is 6.32. The Morgan fingerprint density at radius 2 is 2.05 bits per heavy atom. The van der Waals surface area contributed by atoms with Crippen molar-refractivity contribution in [1.29, 1.82) is 0 Å². The van der Waals surface area contributed by atoms with Crippen LogP contribution in [0, 0.1) is 6.92 Å². The molecule has 2 rings (SSSR count). The SMILES string of the molecule is COc1ccc(OC)c(C(=O)Cc2c(Cl)c(C)nn2C)c1. The van der Waals surface area contributed by atoms with Gasteiger partial charge in [0.05, 0.1) is 42.6 Å². The molecule has 1 aromatic carbocycles. The van der Waals surface area contributed by atoms with Gasteiger partial charge in [0.15, 0.2) is 5.78 Å². The Morgan fingerprint density at radius 1 is 1.33 bits per heavy atom. The van der Waals surface area contributed by atoms with Crippen LogP contribution in [0.15, 0.2) is 18.2 Å². The number of ketones is 1. The zero-order chi connectivity index (χ0) is 15.6. The van der Waals surface area contributed by atoms with Crippen molar-refractivity contribution in [1.82, 2.24) is 9.78 Å². The molecule has 0 saturated heterocycles. The fraction of sp³-hybridized carbons (Fsp3) is 0.333. The van der Waals surface area contributed by atoms with Gasteiger partial charge >= 0.3 is 0 Å². The van der Waals surface area contributed by atoms with E-state index in [9.17, 15) is 4.79 Å². The number of hydrogen-bond acceptors (Lipinski definition) is 4. The van der Waals surface area contributed by atoms with E-state index in [4.69, 9.17) is 21.1 Å². The van der Waals surface area contributed by atoms with Gasteiger partial charge in [0, 0.05) is 7.05 Å². The largest absolute Gasteiger partial charge is 0.497 e. The average Bonchev–Trinajstić information content (AvgIpc) is 2.72. The minimum absolute atomic E-state index is 0.101. The fourth-order valence-electron chi connectivity index (χ4n) is 2.15. The van der Waals surface area contributed by atoms with Crippen molar-refractivity contribution in [2.75, 3.05) is 14.2 Å². The highest BCUT2D eigenvalue weighted by Gasteiger charge is 2.19. The van der Waals surface area contributed by atoms with Gasteiger partial charge in [-0.1, -0.05) is 11.6 Å². The molecule has 1 aromatic heterocycles. The van der Waals surface area contributed by atoms with Crippen molar-refractivity contribution < 1.29 is 14.3 Å². The summed E-state index contributed by atoms with van der Waals surface area (Å²) < 4.78 is 12.0. The lowest BCUT2D eigenvalue weighted by atomic mass is 10.0. The second-order valence-electron chi connectivity index (χ2n) is 4.64. The predicted octanol–water partition coefficient (Wildman–Crippen LogP) is 2.82. The smallest absolute Gasteiger partial charge is 0.172 e. The van der Waals surface area contributed by atoms with Crippen molar-refractivity contribution in [2.45, 2.75) is 13.3 Å². The molecule has 0 unspecified atom stereocenters. The van der Waals surface area contributed by atoms with E-state index < -0.39 is 0 Å². The van der Waals surface area contributed by atoms with E-state index in [0.717, 1.165) is 0 Å². The summed E-state index contributed by atoms with van der Waals surface area (Å²) in [5.74, 6) is 1.01. The Hall–Kier alpha value is -2.01. The summed E-state index contributed by atoms with van der Waals surface area (Å²) in [5, 5.41) is 4.73. The Bertz CT molecular complexity index is 680. The molecule has 0 spiro atoms. The van der Waals surface area contributed by atoms with Crippen LogP contribution in [0.3, 0.4) is 0 Å². The van der Waals surface area contributed by atoms with Crippen molar-refractivity contribution >= 4 is 17.4 Å². The molecule has 5 nitrogen and oxygen atoms in total. The van der Waals surface area contributed by atoms with Gasteiger partial charge in [0.25, 0.3) is 0 Å². The molecule has 0 fully saturated rings. The number of methoxy groups -OCH3 is 2. The highest BCUT2D eigenvalue weighted by Crippen LogP contribution is 2.27. The molecule has 112 valence electrons. The average molecular weight is 309 g/mol. The summed E-state index contributed by atoms with van der Waals surface area (Å²) in [5.41, 5.74) is 1.86. The summed E-state index contributed by atoms with van der Waals surface area (Å²) in [7, 11) is 4.85. The van der Waals surface area contributed by atoms with Gasteiger partial charge < -0.3 is 9.47 Å². The quantitative estimate of drug-likeness (QED) is 0.797. The van der Waals surface area contributed by atoms with Gasteiger partial charge in [0.1, 0.15) is 11.5 Å². The van der Waals surface area contributed by atoms with Gasteiger partial charge in [0.2, 0.25) is 0 Å². The van der Waals surface area contributed by atoms with Crippen LogP contribution in [0.4, 0.5) is 0 Å². The van der Waals surface area contributed by atoms with E-state index in [1.165, 1.54) is 7.11 Å². The number of Topliss-reactive ketones (excluding diaryl/α,β-unsaturated/α-hetero) is 1. The van der Waals surface area contributed by atoms with Crippen molar-refractivity contribution in [2.24, 2.45) is 7.05 Å². The number of benzene rings is 1. The van der Waals surface area contributed by atoms with E-state index in [1.54, 1.807) is 37.0 Å². The predicted molar refractivity (Wildman–Crippen MR) is 80.5 cm³/mol. The van der Waals surface area contributed by atoms with E-state index >= 15 is 0 Å². The van der Waals surface area contributed by atoms with Crippen LogP contribution < -0.4 is 9.47 Å². The number of nitrogens with zero attached hydrogens (tertiary/aromatic N) is 2. The van der Waals surface area contributed by atoms with Gasteiger partial charge in [-0.25, -0.2) is 0 Å².